The van der Waals surface area contributed by atoms with Crippen LogP contribution in [0.25, 0.3) is 0 Å². The Bertz CT molecular complexity index is 982. The molecule has 0 bridgehead atoms. The van der Waals surface area contributed by atoms with E-state index in [2.05, 4.69) is 0 Å². The summed E-state index contributed by atoms with van der Waals surface area (Å²) in [6.45, 7) is 3.79. The van der Waals surface area contributed by atoms with E-state index in [0.29, 0.717) is 11.4 Å². The molecule has 0 saturated carbocycles. The Kier molecular flexibility index (Phi) is 5.15. The van der Waals surface area contributed by atoms with Crippen molar-refractivity contribution in [2.45, 2.75) is 18.7 Å². The molecule has 0 aromatic heterocycles. The number of anilines is 2. The second kappa shape index (κ2) is 6.68. The summed E-state index contributed by atoms with van der Waals surface area (Å²) < 4.78 is 51.1. The van der Waals surface area contributed by atoms with Gasteiger partial charge in [0.1, 0.15) is 0 Å². The third-order valence-corrected chi connectivity index (χ3v) is 7.20. The van der Waals surface area contributed by atoms with E-state index >= 15 is 0 Å². The van der Waals surface area contributed by atoms with Gasteiger partial charge in [-0.1, -0.05) is 6.07 Å². The molecule has 25 heavy (non-hydrogen) atoms. The molecule has 0 saturated heterocycles. The molecule has 6 nitrogen and oxygen atoms in total. The zero-order valence-corrected chi connectivity index (χ0v) is 16.5. The van der Waals surface area contributed by atoms with Gasteiger partial charge in [-0.2, -0.15) is 0 Å². The Morgan fingerprint density at radius 1 is 0.720 bits per heavy atom. The van der Waals surface area contributed by atoms with E-state index in [1.807, 2.05) is 13.8 Å². The van der Waals surface area contributed by atoms with E-state index in [9.17, 15) is 16.8 Å². The SMILES string of the molecule is Cc1ccc(S(=O)(=O)N(C)c2ccc(N(C)S(C)(=O)=O)cc2)cc1C. The lowest BCUT2D eigenvalue weighted by atomic mass is 10.1. The summed E-state index contributed by atoms with van der Waals surface area (Å²) in [5.41, 5.74) is 2.83. The van der Waals surface area contributed by atoms with E-state index in [0.717, 1.165) is 21.7 Å². The van der Waals surface area contributed by atoms with Crippen LogP contribution in [0.15, 0.2) is 47.4 Å². The van der Waals surface area contributed by atoms with Gasteiger partial charge in [0, 0.05) is 14.1 Å². The summed E-state index contributed by atoms with van der Waals surface area (Å²) in [7, 11) is -4.14. The Morgan fingerprint density at radius 3 is 1.64 bits per heavy atom. The second-order valence-corrected chi connectivity index (χ2v) is 9.95. The normalized spacial score (nSPS) is 12.0. The topological polar surface area (TPSA) is 74.8 Å². The van der Waals surface area contributed by atoms with E-state index in [1.165, 1.54) is 18.4 Å². The first-order valence-corrected chi connectivity index (χ1v) is 10.8. The molecule has 2 aromatic carbocycles. The number of benzene rings is 2. The highest BCUT2D eigenvalue weighted by Crippen LogP contribution is 2.26. The van der Waals surface area contributed by atoms with Gasteiger partial charge in [-0.3, -0.25) is 8.61 Å². The van der Waals surface area contributed by atoms with Crippen molar-refractivity contribution in [3.8, 4) is 0 Å². The van der Waals surface area contributed by atoms with Gasteiger partial charge in [0.25, 0.3) is 10.0 Å². The van der Waals surface area contributed by atoms with Crippen LogP contribution in [0, 0.1) is 13.8 Å². The zero-order valence-electron chi connectivity index (χ0n) is 14.9. The fourth-order valence-corrected chi connectivity index (χ4v) is 4.02. The highest BCUT2D eigenvalue weighted by atomic mass is 32.2. The zero-order chi connectivity index (χ0) is 19.0. The van der Waals surface area contributed by atoms with Crippen molar-refractivity contribution in [3.63, 3.8) is 0 Å². The Hall–Kier alpha value is -2.06. The summed E-state index contributed by atoms with van der Waals surface area (Å²) >= 11 is 0. The summed E-state index contributed by atoms with van der Waals surface area (Å²) in [5.74, 6) is 0. The molecule has 2 aromatic rings. The number of aryl methyl sites for hydroxylation is 2. The van der Waals surface area contributed by atoms with Crippen molar-refractivity contribution >= 4 is 31.4 Å². The highest BCUT2D eigenvalue weighted by Gasteiger charge is 2.22. The molecule has 8 heteroatoms. The van der Waals surface area contributed by atoms with Crippen molar-refractivity contribution in [1.82, 2.24) is 0 Å². The summed E-state index contributed by atoms with van der Waals surface area (Å²) in [4.78, 5) is 0.218. The number of sulfonamides is 2. The van der Waals surface area contributed by atoms with Crippen LogP contribution in [0.4, 0.5) is 11.4 Å². The monoisotopic (exact) mass is 382 g/mol. The average Bonchev–Trinajstić information content (AvgIpc) is 2.55. The van der Waals surface area contributed by atoms with E-state index in [-0.39, 0.29) is 4.90 Å². The lowest BCUT2D eigenvalue weighted by molar-refractivity contribution is 0.593. The molecular formula is C17H22N2O4S2. The molecule has 136 valence electrons. The minimum absolute atomic E-state index is 0.218. The van der Waals surface area contributed by atoms with E-state index < -0.39 is 20.0 Å². The maximum absolute atomic E-state index is 12.8. The van der Waals surface area contributed by atoms with Crippen molar-refractivity contribution in [2.75, 3.05) is 29.0 Å². The molecule has 0 unspecified atom stereocenters. The van der Waals surface area contributed by atoms with Crippen LogP contribution in [-0.2, 0) is 20.0 Å². The Labute approximate surface area is 149 Å². The van der Waals surface area contributed by atoms with Crippen LogP contribution >= 0.6 is 0 Å². The number of hydrogen-bond donors (Lipinski definition) is 0. The van der Waals surface area contributed by atoms with E-state index in [1.54, 1.807) is 42.5 Å². The van der Waals surface area contributed by atoms with Gasteiger partial charge in [0.15, 0.2) is 0 Å². The molecule has 0 atom stereocenters. The van der Waals surface area contributed by atoms with Crippen molar-refractivity contribution in [1.29, 1.82) is 0 Å². The average molecular weight is 383 g/mol. The maximum Gasteiger partial charge on any atom is 0.264 e. The van der Waals surface area contributed by atoms with Gasteiger partial charge in [-0.25, -0.2) is 16.8 Å². The maximum atomic E-state index is 12.8. The number of hydrogen-bond acceptors (Lipinski definition) is 4. The lowest BCUT2D eigenvalue weighted by Gasteiger charge is -2.22. The van der Waals surface area contributed by atoms with Crippen molar-refractivity contribution in [2.24, 2.45) is 0 Å². The van der Waals surface area contributed by atoms with Crippen LogP contribution in [-0.4, -0.2) is 37.2 Å². The van der Waals surface area contributed by atoms with Crippen LogP contribution in [0.3, 0.4) is 0 Å². The van der Waals surface area contributed by atoms with Gasteiger partial charge in [-0.15, -0.1) is 0 Å². The Balaban J connectivity index is 2.36. The predicted octanol–water partition coefficient (Wildman–Crippen LogP) is 2.52. The molecule has 0 spiro atoms. The smallest absolute Gasteiger partial charge is 0.264 e. The summed E-state index contributed by atoms with van der Waals surface area (Å²) in [5, 5.41) is 0. The van der Waals surface area contributed by atoms with Gasteiger partial charge >= 0.3 is 0 Å². The molecule has 0 heterocycles. The first kappa shape index (κ1) is 19.3. The van der Waals surface area contributed by atoms with Crippen molar-refractivity contribution < 1.29 is 16.8 Å². The molecule has 0 fully saturated rings. The van der Waals surface area contributed by atoms with E-state index in [4.69, 9.17) is 0 Å². The largest absolute Gasteiger partial charge is 0.274 e. The van der Waals surface area contributed by atoms with Crippen LogP contribution < -0.4 is 8.61 Å². The molecular weight excluding hydrogens is 360 g/mol. The molecule has 0 aliphatic rings. The minimum Gasteiger partial charge on any atom is -0.274 e. The first-order chi connectivity index (χ1) is 11.4. The molecule has 0 amide bonds. The molecule has 0 N–H and O–H groups in total. The highest BCUT2D eigenvalue weighted by molar-refractivity contribution is 7.92. The molecule has 0 aliphatic carbocycles. The van der Waals surface area contributed by atoms with Crippen molar-refractivity contribution in [3.05, 3.63) is 53.6 Å². The fraction of sp³-hybridized carbons (Fsp3) is 0.294. The summed E-state index contributed by atoms with van der Waals surface area (Å²) in [6.07, 6.45) is 1.11. The second-order valence-electron chi connectivity index (χ2n) is 5.97. The lowest BCUT2D eigenvalue weighted by Crippen LogP contribution is -2.27. The third kappa shape index (κ3) is 3.96. The molecule has 0 aliphatic heterocycles. The quantitative estimate of drug-likeness (QED) is 0.796. The third-order valence-electron chi connectivity index (χ3n) is 4.21. The number of nitrogens with zero attached hydrogens (tertiary/aromatic N) is 2. The van der Waals surface area contributed by atoms with Crippen LogP contribution in [0.1, 0.15) is 11.1 Å². The van der Waals surface area contributed by atoms with Gasteiger partial charge in [-0.05, 0) is 61.4 Å². The summed E-state index contributed by atoms with van der Waals surface area (Å²) in [6, 6.07) is 11.3. The minimum atomic E-state index is -3.69. The van der Waals surface area contributed by atoms with Gasteiger partial charge in [0.2, 0.25) is 10.0 Å². The molecule has 0 radical (unpaired) electrons. The van der Waals surface area contributed by atoms with Crippen LogP contribution in [0.2, 0.25) is 0 Å². The first-order valence-electron chi connectivity index (χ1n) is 7.55. The molecule has 2 rings (SSSR count). The fourth-order valence-electron chi connectivity index (χ4n) is 2.24. The predicted molar refractivity (Wildman–Crippen MR) is 101 cm³/mol. The van der Waals surface area contributed by atoms with Crippen LogP contribution in [0.5, 0.6) is 0 Å². The number of rotatable bonds is 5. The van der Waals surface area contributed by atoms with Gasteiger partial charge in [0.05, 0.1) is 22.5 Å². The Morgan fingerprint density at radius 2 is 1.20 bits per heavy atom. The standard InChI is InChI=1S/C17H22N2O4S2/c1-13-6-11-17(12-14(13)2)25(22,23)19(4)16-9-7-15(8-10-16)18(3)24(5,20)21/h6-12H,1-5H3. The van der Waals surface area contributed by atoms with Gasteiger partial charge < -0.3 is 0 Å².